The van der Waals surface area contributed by atoms with E-state index >= 15 is 0 Å². The van der Waals surface area contributed by atoms with E-state index in [4.69, 9.17) is 9.40 Å². The van der Waals surface area contributed by atoms with Gasteiger partial charge >= 0.3 is 0 Å². The molecule has 300 valence electrons. The molecular formula is C60H38N2OS. The van der Waals surface area contributed by atoms with Gasteiger partial charge in [0.2, 0.25) is 0 Å². The van der Waals surface area contributed by atoms with Crippen LogP contribution in [0.5, 0.6) is 0 Å². The van der Waals surface area contributed by atoms with Gasteiger partial charge in [0.1, 0.15) is 16.2 Å². The number of fused-ring (bicyclic) bond motifs is 9. The molecule has 0 saturated heterocycles. The Labute approximate surface area is 374 Å². The summed E-state index contributed by atoms with van der Waals surface area (Å²) in [6.45, 7) is 0. The zero-order valence-electron chi connectivity index (χ0n) is 34.7. The van der Waals surface area contributed by atoms with E-state index in [0.29, 0.717) is 0 Å². The Morgan fingerprint density at radius 3 is 1.89 bits per heavy atom. The molecule has 0 saturated carbocycles. The molecule has 2 heterocycles. The van der Waals surface area contributed by atoms with Crippen LogP contribution in [0.3, 0.4) is 0 Å². The fourth-order valence-electron chi connectivity index (χ4n) is 10.4. The molecule has 0 spiro atoms. The number of anilines is 3. The molecule has 0 aliphatic heterocycles. The van der Waals surface area contributed by atoms with Crippen molar-refractivity contribution in [2.75, 3.05) is 4.90 Å². The molecule has 10 aromatic carbocycles. The molecule has 1 aliphatic rings. The van der Waals surface area contributed by atoms with Crippen molar-refractivity contribution in [1.82, 2.24) is 4.98 Å². The number of furan rings is 1. The number of para-hydroxylation sites is 1. The summed E-state index contributed by atoms with van der Waals surface area (Å²) in [4.78, 5) is 7.82. The maximum atomic E-state index is 7.01. The minimum Gasteiger partial charge on any atom is -0.455 e. The molecule has 0 N–H and O–H groups in total. The number of rotatable bonds is 7. The summed E-state index contributed by atoms with van der Waals surface area (Å²) >= 11 is 1.73. The van der Waals surface area contributed by atoms with Gasteiger partial charge in [-0.05, 0) is 86.8 Å². The quantitative estimate of drug-likeness (QED) is 0.160. The summed E-state index contributed by atoms with van der Waals surface area (Å²) in [7, 11) is 0. The Bertz CT molecular complexity index is 3650. The van der Waals surface area contributed by atoms with Gasteiger partial charge in [0.25, 0.3) is 0 Å². The van der Waals surface area contributed by atoms with E-state index < -0.39 is 5.41 Å². The lowest BCUT2D eigenvalue weighted by atomic mass is 9.68. The second-order valence-corrected chi connectivity index (χ2v) is 17.6. The highest BCUT2D eigenvalue weighted by Gasteiger charge is 2.47. The first-order chi connectivity index (χ1) is 31.7. The summed E-state index contributed by atoms with van der Waals surface area (Å²) in [6, 6.07) is 83.5. The number of thiazole rings is 1. The maximum Gasteiger partial charge on any atom is 0.143 e. The van der Waals surface area contributed by atoms with Gasteiger partial charge in [-0.3, -0.25) is 0 Å². The van der Waals surface area contributed by atoms with Crippen LogP contribution < -0.4 is 4.90 Å². The first kappa shape index (κ1) is 36.6. The second kappa shape index (κ2) is 14.5. The van der Waals surface area contributed by atoms with Gasteiger partial charge in [-0.25, -0.2) is 4.98 Å². The highest BCUT2D eigenvalue weighted by Crippen LogP contribution is 2.60. The third kappa shape index (κ3) is 5.49. The van der Waals surface area contributed by atoms with E-state index in [-0.39, 0.29) is 0 Å². The summed E-state index contributed by atoms with van der Waals surface area (Å²) in [5.74, 6) is 0. The highest BCUT2D eigenvalue weighted by molar-refractivity contribution is 7.21. The topological polar surface area (TPSA) is 29.3 Å². The van der Waals surface area contributed by atoms with E-state index in [1.807, 2.05) is 0 Å². The summed E-state index contributed by atoms with van der Waals surface area (Å²) in [6.07, 6.45) is 0. The van der Waals surface area contributed by atoms with Gasteiger partial charge in [0.05, 0.1) is 27.0 Å². The van der Waals surface area contributed by atoms with Crippen LogP contribution in [0.4, 0.5) is 17.1 Å². The van der Waals surface area contributed by atoms with Crippen molar-refractivity contribution >= 4 is 71.3 Å². The molecule has 0 amide bonds. The Balaban J connectivity index is 1.15. The molecule has 0 unspecified atom stereocenters. The predicted octanol–water partition coefficient (Wildman–Crippen LogP) is 16.5. The Morgan fingerprint density at radius 1 is 0.453 bits per heavy atom. The molecule has 12 aromatic rings. The van der Waals surface area contributed by atoms with Crippen LogP contribution in [0.25, 0.3) is 75.8 Å². The van der Waals surface area contributed by atoms with Crippen molar-refractivity contribution in [2.24, 2.45) is 0 Å². The van der Waals surface area contributed by atoms with Crippen molar-refractivity contribution in [3.63, 3.8) is 0 Å². The zero-order chi connectivity index (χ0) is 42.2. The van der Waals surface area contributed by atoms with Crippen LogP contribution >= 0.6 is 11.3 Å². The normalized spacial score (nSPS) is 12.8. The maximum absolute atomic E-state index is 7.01. The molecule has 4 heteroatoms. The van der Waals surface area contributed by atoms with E-state index in [0.717, 1.165) is 76.1 Å². The molecule has 64 heavy (non-hydrogen) atoms. The van der Waals surface area contributed by atoms with Crippen molar-refractivity contribution in [3.8, 4) is 32.8 Å². The van der Waals surface area contributed by atoms with Crippen LogP contribution in [0.2, 0.25) is 0 Å². The van der Waals surface area contributed by atoms with Crippen LogP contribution in [0.1, 0.15) is 22.3 Å². The third-order valence-corrected chi connectivity index (χ3v) is 14.2. The van der Waals surface area contributed by atoms with Crippen LogP contribution in [-0.2, 0) is 5.41 Å². The highest BCUT2D eigenvalue weighted by atomic mass is 32.1. The Morgan fingerprint density at radius 2 is 1.11 bits per heavy atom. The lowest BCUT2D eigenvalue weighted by molar-refractivity contribution is 0.673. The fraction of sp³-hybridized carbons (Fsp3) is 0.0167. The van der Waals surface area contributed by atoms with Crippen molar-refractivity contribution in [2.45, 2.75) is 5.41 Å². The molecule has 0 radical (unpaired) electrons. The first-order valence-electron chi connectivity index (χ1n) is 21.8. The van der Waals surface area contributed by atoms with Gasteiger partial charge in [0.15, 0.2) is 0 Å². The standard InChI is InChI=1S/C60H38N2OS/c1-4-17-39(18-5-1)40-31-34-44(35-32-40)62(53-29-16-27-51-57(53)47-25-12-13-26-50(47)60(51,42-20-6-2-7-21-42)43-22-8-3-9-23-43)54-38-55-48(37-49(54)59-61-52-28-14-15-30-56(52)64-59)46-36-33-41-19-10-11-24-45(41)58(46)63-55/h1-38H. The number of hydrogen-bond donors (Lipinski definition) is 0. The Hall–Kier alpha value is -8.05. The Kier molecular flexibility index (Phi) is 8.30. The average Bonchev–Trinajstić information content (AvgIpc) is 4.06. The van der Waals surface area contributed by atoms with Crippen LogP contribution in [0, 0.1) is 0 Å². The summed E-state index contributed by atoms with van der Waals surface area (Å²) in [5, 5.41) is 5.36. The molecule has 0 bridgehead atoms. The van der Waals surface area contributed by atoms with Crippen molar-refractivity contribution in [1.29, 1.82) is 0 Å². The van der Waals surface area contributed by atoms with Crippen LogP contribution in [-0.4, -0.2) is 4.98 Å². The van der Waals surface area contributed by atoms with Crippen LogP contribution in [0.15, 0.2) is 235 Å². The average molecular weight is 835 g/mol. The van der Waals surface area contributed by atoms with Gasteiger partial charge in [-0.15, -0.1) is 11.3 Å². The molecule has 1 aliphatic carbocycles. The monoisotopic (exact) mass is 834 g/mol. The van der Waals surface area contributed by atoms with Crippen molar-refractivity contribution in [3.05, 3.63) is 253 Å². The molecule has 3 nitrogen and oxygen atoms in total. The van der Waals surface area contributed by atoms with E-state index in [1.165, 1.54) is 38.9 Å². The van der Waals surface area contributed by atoms with Crippen molar-refractivity contribution < 1.29 is 4.42 Å². The SMILES string of the molecule is c1ccc(-c2ccc(N(c3cc4oc5c6ccccc6ccc5c4cc3-c3nc4ccccc4s3)c3cccc4c3-c3ccccc3C4(c3ccccc3)c3ccccc3)cc2)cc1. The number of hydrogen-bond acceptors (Lipinski definition) is 4. The fourth-order valence-corrected chi connectivity index (χ4v) is 11.4. The largest absolute Gasteiger partial charge is 0.455 e. The smallest absolute Gasteiger partial charge is 0.143 e. The van der Waals surface area contributed by atoms with Gasteiger partial charge in [-0.1, -0.05) is 182 Å². The van der Waals surface area contributed by atoms with Gasteiger partial charge in [-0.2, -0.15) is 0 Å². The number of aromatic nitrogens is 1. The van der Waals surface area contributed by atoms with Gasteiger partial charge < -0.3 is 9.32 Å². The molecule has 2 aromatic heterocycles. The summed E-state index contributed by atoms with van der Waals surface area (Å²) in [5.41, 5.74) is 16.0. The van der Waals surface area contributed by atoms with Gasteiger partial charge in [0, 0.05) is 39.0 Å². The first-order valence-corrected chi connectivity index (χ1v) is 22.6. The lowest BCUT2D eigenvalue weighted by Gasteiger charge is -2.34. The second-order valence-electron chi connectivity index (χ2n) is 16.6. The molecule has 0 fully saturated rings. The minimum absolute atomic E-state index is 0.563. The number of benzene rings is 10. The van der Waals surface area contributed by atoms with E-state index in [2.05, 4.69) is 235 Å². The zero-order valence-corrected chi connectivity index (χ0v) is 35.5. The van der Waals surface area contributed by atoms with E-state index in [1.54, 1.807) is 11.3 Å². The lowest BCUT2D eigenvalue weighted by Crippen LogP contribution is -2.28. The number of nitrogens with zero attached hydrogens (tertiary/aromatic N) is 2. The van der Waals surface area contributed by atoms with E-state index in [9.17, 15) is 0 Å². The molecule has 13 rings (SSSR count). The minimum atomic E-state index is -0.563. The predicted molar refractivity (Wildman–Crippen MR) is 267 cm³/mol. The summed E-state index contributed by atoms with van der Waals surface area (Å²) < 4.78 is 8.16. The third-order valence-electron chi connectivity index (χ3n) is 13.2. The molecule has 0 atom stereocenters. The molecular weight excluding hydrogens is 797 g/mol.